The van der Waals surface area contributed by atoms with Crippen LogP contribution in [0.4, 0.5) is 4.39 Å². The zero-order chi connectivity index (χ0) is 14.1. The Morgan fingerprint density at radius 2 is 2.30 bits per heavy atom. The molecular formula is C12H11BrFN5O. The van der Waals surface area contributed by atoms with Gasteiger partial charge in [-0.05, 0) is 29.3 Å². The van der Waals surface area contributed by atoms with Crippen molar-refractivity contribution >= 4 is 21.8 Å². The van der Waals surface area contributed by atoms with Crippen molar-refractivity contribution in [3.63, 3.8) is 0 Å². The highest BCUT2D eigenvalue weighted by atomic mass is 79.9. The van der Waals surface area contributed by atoms with Crippen molar-refractivity contribution in [3.8, 4) is 0 Å². The number of carbonyl (C=O) groups is 1. The first-order valence-electron chi connectivity index (χ1n) is 6.09. The SMILES string of the molecule is O=C(Cn1ncnn1)N1CCc2cc(Br)cc(F)c2C1. The minimum Gasteiger partial charge on any atom is -0.336 e. The maximum Gasteiger partial charge on any atom is 0.246 e. The first-order valence-corrected chi connectivity index (χ1v) is 6.88. The molecule has 0 radical (unpaired) electrons. The number of nitrogens with zero attached hydrogens (tertiary/aromatic N) is 5. The lowest BCUT2D eigenvalue weighted by molar-refractivity contribution is -0.133. The number of rotatable bonds is 2. The second kappa shape index (κ2) is 5.28. The van der Waals surface area contributed by atoms with E-state index < -0.39 is 0 Å². The highest BCUT2D eigenvalue weighted by Crippen LogP contribution is 2.26. The van der Waals surface area contributed by atoms with Crippen LogP contribution in [0, 0.1) is 5.82 Å². The fourth-order valence-corrected chi connectivity index (χ4v) is 2.75. The van der Waals surface area contributed by atoms with Crippen LogP contribution in [0.15, 0.2) is 22.9 Å². The molecule has 0 N–H and O–H groups in total. The van der Waals surface area contributed by atoms with Crippen molar-refractivity contribution < 1.29 is 9.18 Å². The highest BCUT2D eigenvalue weighted by molar-refractivity contribution is 9.10. The Morgan fingerprint density at radius 3 is 3.05 bits per heavy atom. The first-order chi connectivity index (χ1) is 9.63. The van der Waals surface area contributed by atoms with Gasteiger partial charge >= 0.3 is 0 Å². The summed E-state index contributed by atoms with van der Waals surface area (Å²) in [5, 5.41) is 11.0. The predicted molar refractivity (Wildman–Crippen MR) is 71.0 cm³/mol. The maximum absolute atomic E-state index is 13.9. The molecule has 2 heterocycles. The monoisotopic (exact) mass is 339 g/mol. The predicted octanol–water partition coefficient (Wildman–Crippen LogP) is 1.16. The zero-order valence-electron chi connectivity index (χ0n) is 10.5. The molecule has 1 aliphatic heterocycles. The summed E-state index contributed by atoms with van der Waals surface area (Å²) in [6, 6.07) is 3.32. The molecule has 1 aromatic carbocycles. The largest absolute Gasteiger partial charge is 0.336 e. The van der Waals surface area contributed by atoms with Gasteiger partial charge in [0.1, 0.15) is 12.4 Å². The van der Waals surface area contributed by atoms with Gasteiger partial charge in [0.05, 0.1) is 0 Å². The van der Waals surface area contributed by atoms with Crippen molar-refractivity contribution in [2.75, 3.05) is 6.54 Å². The molecule has 2 aromatic rings. The number of hydrogen-bond donors (Lipinski definition) is 0. The second-order valence-electron chi connectivity index (χ2n) is 4.56. The first kappa shape index (κ1) is 13.2. The van der Waals surface area contributed by atoms with E-state index in [-0.39, 0.29) is 24.8 Å². The summed E-state index contributed by atoms with van der Waals surface area (Å²) < 4.78 is 14.7. The molecule has 104 valence electrons. The van der Waals surface area contributed by atoms with Crippen LogP contribution in [0.1, 0.15) is 11.1 Å². The number of fused-ring (bicyclic) bond motifs is 1. The molecular weight excluding hydrogens is 329 g/mol. The zero-order valence-corrected chi connectivity index (χ0v) is 12.0. The van der Waals surface area contributed by atoms with E-state index >= 15 is 0 Å². The number of hydrogen-bond acceptors (Lipinski definition) is 4. The quantitative estimate of drug-likeness (QED) is 0.823. The van der Waals surface area contributed by atoms with E-state index in [1.807, 2.05) is 6.07 Å². The molecule has 0 saturated heterocycles. The van der Waals surface area contributed by atoms with Gasteiger partial charge in [-0.15, -0.1) is 10.2 Å². The van der Waals surface area contributed by atoms with E-state index in [1.165, 1.54) is 17.2 Å². The molecule has 1 amide bonds. The summed E-state index contributed by atoms with van der Waals surface area (Å²) >= 11 is 3.28. The molecule has 0 saturated carbocycles. The van der Waals surface area contributed by atoms with Crippen molar-refractivity contribution in [2.45, 2.75) is 19.5 Å². The lowest BCUT2D eigenvalue weighted by Crippen LogP contribution is -2.38. The van der Waals surface area contributed by atoms with Gasteiger partial charge in [0.15, 0.2) is 6.33 Å². The van der Waals surface area contributed by atoms with Gasteiger partial charge in [-0.25, -0.2) is 4.39 Å². The van der Waals surface area contributed by atoms with Gasteiger partial charge in [-0.1, -0.05) is 15.9 Å². The Morgan fingerprint density at radius 1 is 1.45 bits per heavy atom. The van der Waals surface area contributed by atoms with Gasteiger partial charge < -0.3 is 4.90 Å². The molecule has 0 aliphatic carbocycles. The van der Waals surface area contributed by atoms with Crippen LogP contribution in [0.2, 0.25) is 0 Å². The number of benzene rings is 1. The fourth-order valence-electron chi connectivity index (χ4n) is 2.28. The second-order valence-corrected chi connectivity index (χ2v) is 5.47. The van der Waals surface area contributed by atoms with Gasteiger partial charge in [0.2, 0.25) is 5.91 Å². The molecule has 0 fully saturated rings. The maximum atomic E-state index is 13.9. The van der Waals surface area contributed by atoms with Crippen LogP contribution in [0.3, 0.4) is 0 Å². The molecule has 3 rings (SSSR count). The third-order valence-electron chi connectivity index (χ3n) is 3.27. The minimum absolute atomic E-state index is 0.0213. The van der Waals surface area contributed by atoms with Gasteiger partial charge in [-0.2, -0.15) is 4.80 Å². The Labute approximate surface area is 122 Å². The molecule has 20 heavy (non-hydrogen) atoms. The molecule has 1 aliphatic rings. The molecule has 1 aromatic heterocycles. The standard InChI is InChI=1S/C12H11BrFN5O/c13-9-3-8-1-2-18(5-10(8)11(14)4-9)12(20)6-19-16-7-15-17-19/h3-4,7H,1-2,5-6H2. The Kier molecular flexibility index (Phi) is 3.47. The van der Waals surface area contributed by atoms with Crippen LogP contribution < -0.4 is 0 Å². The van der Waals surface area contributed by atoms with E-state index in [4.69, 9.17) is 0 Å². The van der Waals surface area contributed by atoms with E-state index in [0.717, 1.165) is 10.0 Å². The average molecular weight is 340 g/mol. The van der Waals surface area contributed by atoms with Crippen molar-refractivity contribution in [3.05, 3.63) is 39.9 Å². The summed E-state index contributed by atoms with van der Waals surface area (Å²) in [7, 11) is 0. The Balaban J connectivity index is 1.76. The summed E-state index contributed by atoms with van der Waals surface area (Å²) in [6.07, 6.45) is 1.91. The van der Waals surface area contributed by atoms with Crippen LogP contribution in [0.5, 0.6) is 0 Å². The number of halogens is 2. The van der Waals surface area contributed by atoms with Crippen LogP contribution in [-0.4, -0.2) is 37.6 Å². The van der Waals surface area contributed by atoms with Crippen LogP contribution in [0.25, 0.3) is 0 Å². The summed E-state index contributed by atoms with van der Waals surface area (Å²) in [5.41, 5.74) is 1.53. The molecule has 0 unspecified atom stereocenters. The topological polar surface area (TPSA) is 63.9 Å². The van der Waals surface area contributed by atoms with Gasteiger partial charge in [-0.3, -0.25) is 4.79 Å². The minimum atomic E-state index is -0.286. The third kappa shape index (κ3) is 2.55. The van der Waals surface area contributed by atoms with Gasteiger partial charge in [0.25, 0.3) is 0 Å². The summed E-state index contributed by atoms with van der Waals surface area (Å²) in [6.45, 7) is 0.867. The molecule has 6 nitrogen and oxygen atoms in total. The van der Waals surface area contributed by atoms with Crippen molar-refractivity contribution in [2.24, 2.45) is 0 Å². The molecule has 8 heteroatoms. The van der Waals surface area contributed by atoms with E-state index in [9.17, 15) is 9.18 Å². The molecule has 0 bridgehead atoms. The average Bonchev–Trinajstić information content (AvgIpc) is 2.91. The third-order valence-corrected chi connectivity index (χ3v) is 3.73. The van der Waals surface area contributed by atoms with E-state index in [1.54, 1.807) is 4.90 Å². The Bertz CT molecular complexity index is 646. The summed E-state index contributed by atoms with van der Waals surface area (Å²) in [4.78, 5) is 15.0. The van der Waals surface area contributed by atoms with E-state index in [2.05, 4.69) is 31.3 Å². The van der Waals surface area contributed by atoms with Crippen molar-refractivity contribution in [1.29, 1.82) is 0 Å². The molecule has 0 atom stereocenters. The number of carbonyl (C=O) groups excluding carboxylic acids is 1. The van der Waals surface area contributed by atoms with Crippen LogP contribution >= 0.6 is 15.9 Å². The lowest BCUT2D eigenvalue weighted by Gasteiger charge is -2.29. The van der Waals surface area contributed by atoms with Crippen molar-refractivity contribution in [1.82, 2.24) is 25.1 Å². The highest BCUT2D eigenvalue weighted by Gasteiger charge is 2.24. The van der Waals surface area contributed by atoms with Crippen LogP contribution in [-0.2, 0) is 24.3 Å². The number of amides is 1. The smallest absolute Gasteiger partial charge is 0.246 e. The normalized spacial score (nSPS) is 14.2. The Hall–Kier alpha value is -1.83. The fraction of sp³-hybridized carbons (Fsp3) is 0.333. The summed E-state index contributed by atoms with van der Waals surface area (Å²) in [5.74, 6) is -0.429. The lowest BCUT2D eigenvalue weighted by atomic mass is 9.99. The number of tetrazole rings is 1. The van der Waals surface area contributed by atoms with E-state index in [0.29, 0.717) is 18.5 Å². The number of aromatic nitrogens is 4. The molecule has 0 spiro atoms. The van der Waals surface area contributed by atoms with Gasteiger partial charge in [0, 0.05) is 23.1 Å².